The Labute approximate surface area is 142 Å². The number of aliphatic hydroxyl groups excluding tert-OH is 1. The molecule has 1 aromatic rings. The number of halogens is 1. The predicted molar refractivity (Wildman–Crippen MR) is 91.0 cm³/mol. The molecule has 5 nitrogen and oxygen atoms in total. The quantitative estimate of drug-likeness (QED) is 0.679. The molecule has 2 unspecified atom stereocenters. The Kier molecular flexibility index (Phi) is 7.85. The van der Waals surface area contributed by atoms with Crippen molar-refractivity contribution in [3.05, 3.63) is 35.6 Å². The van der Waals surface area contributed by atoms with E-state index in [1.807, 2.05) is 27.7 Å². The zero-order chi connectivity index (χ0) is 18.3. The number of aliphatic hydroxyl groups is 1. The average Bonchev–Trinajstić information content (AvgIpc) is 2.49. The lowest BCUT2D eigenvalue weighted by Crippen LogP contribution is -2.51. The minimum Gasteiger partial charge on any atom is -0.391 e. The molecule has 0 aliphatic rings. The van der Waals surface area contributed by atoms with Crippen LogP contribution in [0, 0.1) is 17.7 Å². The van der Waals surface area contributed by atoms with Crippen molar-refractivity contribution in [2.75, 3.05) is 6.54 Å². The van der Waals surface area contributed by atoms with Crippen LogP contribution in [0.25, 0.3) is 0 Å². The predicted octanol–water partition coefficient (Wildman–Crippen LogP) is 2.10. The SMILES string of the molecule is CC(C)CC(O)CNC(=O)C(NC(=O)c1ccc(F)cc1)C(C)C. The second-order valence-electron chi connectivity index (χ2n) is 6.73. The molecule has 6 heteroatoms. The molecule has 1 aromatic carbocycles. The van der Waals surface area contributed by atoms with Crippen molar-refractivity contribution >= 4 is 11.8 Å². The summed E-state index contributed by atoms with van der Waals surface area (Å²) in [4.78, 5) is 24.5. The fraction of sp³-hybridized carbons (Fsp3) is 0.556. The van der Waals surface area contributed by atoms with Crippen LogP contribution in [0.2, 0.25) is 0 Å². The zero-order valence-corrected chi connectivity index (χ0v) is 14.7. The molecule has 0 aromatic heterocycles. The molecule has 0 saturated carbocycles. The van der Waals surface area contributed by atoms with Gasteiger partial charge in [0.1, 0.15) is 11.9 Å². The van der Waals surface area contributed by atoms with Gasteiger partial charge in [0.05, 0.1) is 6.10 Å². The van der Waals surface area contributed by atoms with Gasteiger partial charge in [-0.15, -0.1) is 0 Å². The highest BCUT2D eigenvalue weighted by Gasteiger charge is 2.25. The molecule has 0 heterocycles. The van der Waals surface area contributed by atoms with Gasteiger partial charge in [0.25, 0.3) is 5.91 Å². The number of carbonyl (C=O) groups excluding carboxylic acids is 2. The van der Waals surface area contributed by atoms with Gasteiger partial charge < -0.3 is 15.7 Å². The summed E-state index contributed by atoms with van der Waals surface area (Å²) in [6.07, 6.45) is -0.0243. The topological polar surface area (TPSA) is 78.4 Å². The van der Waals surface area contributed by atoms with Crippen LogP contribution < -0.4 is 10.6 Å². The first kappa shape index (κ1) is 20.1. The standard InChI is InChI=1S/C18H27FN2O3/c1-11(2)9-15(22)10-20-18(24)16(12(3)4)21-17(23)13-5-7-14(19)8-6-13/h5-8,11-12,15-16,22H,9-10H2,1-4H3,(H,20,24)(H,21,23). The fourth-order valence-corrected chi connectivity index (χ4v) is 2.32. The van der Waals surface area contributed by atoms with E-state index in [9.17, 15) is 19.1 Å². The molecule has 0 bridgehead atoms. The first-order valence-electron chi connectivity index (χ1n) is 8.23. The molecule has 134 valence electrons. The molecule has 2 atom stereocenters. The maximum atomic E-state index is 12.9. The van der Waals surface area contributed by atoms with E-state index >= 15 is 0 Å². The third kappa shape index (κ3) is 6.66. The molecule has 1 rings (SSSR count). The van der Waals surface area contributed by atoms with Crippen LogP contribution >= 0.6 is 0 Å². The Morgan fingerprint density at radius 3 is 2.21 bits per heavy atom. The van der Waals surface area contributed by atoms with Gasteiger partial charge in [0.2, 0.25) is 5.91 Å². The van der Waals surface area contributed by atoms with Crippen LogP contribution in [0.3, 0.4) is 0 Å². The average molecular weight is 338 g/mol. The first-order valence-corrected chi connectivity index (χ1v) is 8.23. The highest BCUT2D eigenvalue weighted by Crippen LogP contribution is 2.08. The molecule has 0 radical (unpaired) electrons. The van der Waals surface area contributed by atoms with Crippen molar-refractivity contribution in [2.45, 2.75) is 46.3 Å². The molecule has 0 aliphatic carbocycles. The van der Waals surface area contributed by atoms with Crippen molar-refractivity contribution in [3.8, 4) is 0 Å². The van der Waals surface area contributed by atoms with Gasteiger partial charge in [-0.2, -0.15) is 0 Å². The third-order valence-electron chi connectivity index (χ3n) is 3.60. The normalized spacial score (nSPS) is 13.7. The maximum Gasteiger partial charge on any atom is 0.251 e. The Morgan fingerprint density at radius 1 is 1.12 bits per heavy atom. The molecule has 0 aliphatic heterocycles. The van der Waals surface area contributed by atoms with E-state index in [1.165, 1.54) is 24.3 Å². The van der Waals surface area contributed by atoms with E-state index in [4.69, 9.17) is 0 Å². The first-order chi connectivity index (χ1) is 11.2. The summed E-state index contributed by atoms with van der Waals surface area (Å²) in [5.41, 5.74) is 0.287. The van der Waals surface area contributed by atoms with Gasteiger partial charge in [0, 0.05) is 12.1 Å². The molecule has 0 spiro atoms. The Bertz CT molecular complexity index is 544. The summed E-state index contributed by atoms with van der Waals surface area (Å²) in [7, 11) is 0. The lowest BCUT2D eigenvalue weighted by molar-refractivity contribution is -0.124. The van der Waals surface area contributed by atoms with Crippen molar-refractivity contribution in [2.24, 2.45) is 11.8 Å². The fourth-order valence-electron chi connectivity index (χ4n) is 2.32. The largest absolute Gasteiger partial charge is 0.391 e. The molecular weight excluding hydrogens is 311 g/mol. The minimum atomic E-state index is -0.728. The summed E-state index contributed by atoms with van der Waals surface area (Å²) in [6, 6.07) is 4.40. The van der Waals surface area contributed by atoms with Crippen LogP contribution in [0.4, 0.5) is 4.39 Å². The van der Waals surface area contributed by atoms with Crippen molar-refractivity contribution < 1.29 is 19.1 Å². The number of hydrogen-bond acceptors (Lipinski definition) is 3. The minimum absolute atomic E-state index is 0.128. The van der Waals surface area contributed by atoms with Gasteiger partial charge in [-0.05, 0) is 42.5 Å². The Hall–Kier alpha value is -1.95. The summed E-state index contributed by atoms with van der Waals surface area (Å²) in [5, 5.41) is 15.2. The number of rotatable bonds is 8. The van der Waals surface area contributed by atoms with E-state index in [-0.39, 0.29) is 23.9 Å². The number of amides is 2. The zero-order valence-electron chi connectivity index (χ0n) is 14.7. The number of carbonyl (C=O) groups is 2. The highest BCUT2D eigenvalue weighted by molar-refractivity contribution is 5.97. The van der Waals surface area contributed by atoms with Gasteiger partial charge in [-0.3, -0.25) is 9.59 Å². The lowest BCUT2D eigenvalue weighted by Gasteiger charge is -2.23. The molecule has 2 amide bonds. The van der Waals surface area contributed by atoms with E-state index in [2.05, 4.69) is 10.6 Å². The molecule has 3 N–H and O–H groups in total. The highest BCUT2D eigenvalue weighted by atomic mass is 19.1. The molecular formula is C18H27FN2O3. The number of benzene rings is 1. The summed E-state index contributed by atoms with van der Waals surface area (Å²) in [6.45, 7) is 7.77. The van der Waals surface area contributed by atoms with E-state index in [1.54, 1.807) is 0 Å². The van der Waals surface area contributed by atoms with E-state index in [0.717, 1.165) is 0 Å². The van der Waals surface area contributed by atoms with Crippen LogP contribution in [0.1, 0.15) is 44.5 Å². The van der Waals surface area contributed by atoms with Crippen LogP contribution in [-0.4, -0.2) is 35.6 Å². The Balaban J connectivity index is 2.64. The summed E-state index contributed by atoms with van der Waals surface area (Å²) < 4.78 is 12.9. The van der Waals surface area contributed by atoms with E-state index < -0.39 is 23.9 Å². The Morgan fingerprint density at radius 2 is 1.71 bits per heavy atom. The second-order valence-corrected chi connectivity index (χ2v) is 6.73. The van der Waals surface area contributed by atoms with Crippen LogP contribution in [-0.2, 0) is 4.79 Å². The molecule has 0 saturated heterocycles. The summed E-state index contributed by atoms with van der Waals surface area (Å²) in [5.74, 6) is -1.01. The van der Waals surface area contributed by atoms with Crippen molar-refractivity contribution in [3.63, 3.8) is 0 Å². The van der Waals surface area contributed by atoms with E-state index in [0.29, 0.717) is 12.3 Å². The summed E-state index contributed by atoms with van der Waals surface area (Å²) >= 11 is 0. The van der Waals surface area contributed by atoms with Gasteiger partial charge in [-0.25, -0.2) is 4.39 Å². The van der Waals surface area contributed by atoms with Gasteiger partial charge >= 0.3 is 0 Å². The lowest BCUT2D eigenvalue weighted by atomic mass is 10.0. The van der Waals surface area contributed by atoms with Gasteiger partial charge in [-0.1, -0.05) is 27.7 Å². The number of nitrogens with one attached hydrogen (secondary N) is 2. The van der Waals surface area contributed by atoms with Gasteiger partial charge in [0.15, 0.2) is 0 Å². The van der Waals surface area contributed by atoms with Crippen LogP contribution in [0.5, 0.6) is 0 Å². The smallest absolute Gasteiger partial charge is 0.251 e. The maximum absolute atomic E-state index is 12.9. The molecule has 24 heavy (non-hydrogen) atoms. The van der Waals surface area contributed by atoms with Crippen molar-refractivity contribution in [1.82, 2.24) is 10.6 Å². The second kappa shape index (κ2) is 9.37. The van der Waals surface area contributed by atoms with Crippen molar-refractivity contribution in [1.29, 1.82) is 0 Å². The monoisotopic (exact) mass is 338 g/mol. The number of hydrogen-bond donors (Lipinski definition) is 3. The third-order valence-corrected chi connectivity index (χ3v) is 3.60. The molecule has 0 fully saturated rings. The van der Waals surface area contributed by atoms with Crippen LogP contribution in [0.15, 0.2) is 24.3 Å².